The van der Waals surface area contributed by atoms with Gasteiger partial charge in [0.05, 0.1) is 0 Å². The molecule has 17 heavy (non-hydrogen) atoms. The van der Waals surface area contributed by atoms with E-state index in [0.29, 0.717) is 5.88 Å². The zero-order chi connectivity index (χ0) is 12.7. The lowest BCUT2D eigenvalue weighted by molar-refractivity contribution is 0.123. The minimum Gasteiger partial charge on any atom is -0.377 e. The second-order valence-corrected chi connectivity index (χ2v) is 7.06. The topological polar surface area (TPSA) is 27.7 Å². The summed E-state index contributed by atoms with van der Waals surface area (Å²) in [6, 6.07) is 8.89. The smallest absolute Gasteiger partial charge is 0.377 e. The molecular weight excluding hydrogens is 256 g/mol. The fourth-order valence-electron chi connectivity index (χ4n) is 1.78. The molecular formula is C12H19ClO3Si. The molecule has 1 aromatic carbocycles. The molecule has 96 valence electrons. The molecule has 0 bridgehead atoms. The molecule has 5 heteroatoms. The van der Waals surface area contributed by atoms with Gasteiger partial charge in [-0.15, -0.1) is 11.6 Å². The number of aryl methyl sites for hydroxylation is 1. The first-order valence-corrected chi connectivity index (χ1v) is 7.96. The molecule has 0 aromatic heterocycles. The van der Waals surface area contributed by atoms with E-state index in [-0.39, 0.29) is 0 Å². The Labute approximate surface area is 109 Å². The Morgan fingerprint density at radius 1 is 1.00 bits per heavy atom. The average Bonchev–Trinajstić information content (AvgIpc) is 2.41. The van der Waals surface area contributed by atoms with E-state index in [2.05, 4.69) is 6.07 Å². The third-order valence-corrected chi connectivity index (χ3v) is 5.91. The van der Waals surface area contributed by atoms with E-state index in [1.54, 1.807) is 21.3 Å². The number of rotatable bonds is 7. The first-order valence-electron chi connectivity index (χ1n) is 5.49. The summed E-state index contributed by atoms with van der Waals surface area (Å²) in [5.74, 6) is 0.525. The Balaban J connectivity index is 2.71. The molecule has 0 fully saturated rings. The van der Waals surface area contributed by atoms with Crippen molar-refractivity contribution in [2.24, 2.45) is 0 Å². The molecule has 0 saturated heterocycles. The van der Waals surface area contributed by atoms with Gasteiger partial charge >= 0.3 is 8.80 Å². The Bertz CT molecular complexity index is 334. The second kappa shape index (κ2) is 7.13. The van der Waals surface area contributed by atoms with Crippen LogP contribution in [0.15, 0.2) is 24.3 Å². The lowest BCUT2D eigenvalue weighted by Crippen LogP contribution is -2.43. The molecule has 0 N–H and O–H groups in total. The van der Waals surface area contributed by atoms with Crippen LogP contribution in [0.5, 0.6) is 0 Å². The van der Waals surface area contributed by atoms with Crippen molar-refractivity contribution < 1.29 is 13.3 Å². The van der Waals surface area contributed by atoms with Crippen molar-refractivity contribution in [1.82, 2.24) is 0 Å². The van der Waals surface area contributed by atoms with Crippen molar-refractivity contribution in [3.8, 4) is 0 Å². The highest BCUT2D eigenvalue weighted by Gasteiger charge is 2.37. The maximum absolute atomic E-state index is 5.90. The molecule has 3 nitrogen and oxygen atoms in total. The first-order chi connectivity index (χ1) is 8.21. The first kappa shape index (κ1) is 14.7. The van der Waals surface area contributed by atoms with E-state index < -0.39 is 8.80 Å². The van der Waals surface area contributed by atoms with Crippen molar-refractivity contribution in [3.63, 3.8) is 0 Å². The van der Waals surface area contributed by atoms with Crippen LogP contribution in [-0.2, 0) is 25.6 Å². The van der Waals surface area contributed by atoms with Crippen LogP contribution >= 0.6 is 11.6 Å². The third kappa shape index (κ3) is 3.79. The maximum atomic E-state index is 5.90. The van der Waals surface area contributed by atoms with Crippen LogP contribution in [-0.4, -0.2) is 30.1 Å². The Hall–Kier alpha value is -0.393. The van der Waals surface area contributed by atoms with Crippen molar-refractivity contribution in [1.29, 1.82) is 0 Å². The van der Waals surface area contributed by atoms with Crippen molar-refractivity contribution in [2.45, 2.75) is 18.3 Å². The third-order valence-electron chi connectivity index (χ3n) is 2.90. The molecule has 0 aliphatic rings. The normalized spacial score (nSPS) is 11.8. The fourth-order valence-corrected chi connectivity index (χ4v) is 3.72. The highest BCUT2D eigenvalue weighted by molar-refractivity contribution is 6.60. The lowest BCUT2D eigenvalue weighted by atomic mass is 10.1. The van der Waals surface area contributed by atoms with Gasteiger partial charge in [0, 0.05) is 33.3 Å². The average molecular weight is 275 g/mol. The van der Waals surface area contributed by atoms with Gasteiger partial charge in [-0.2, -0.15) is 0 Å². The van der Waals surface area contributed by atoms with E-state index >= 15 is 0 Å². The molecule has 0 atom stereocenters. The van der Waals surface area contributed by atoms with Gasteiger partial charge in [-0.3, -0.25) is 0 Å². The predicted molar refractivity (Wildman–Crippen MR) is 71.3 cm³/mol. The van der Waals surface area contributed by atoms with Crippen LogP contribution in [0.4, 0.5) is 0 Å². The summed E-state index contributed by atoms with van der Waals surface area (Å²) in [5.41, 5.74) is 2.38. The standard InChI is InChI=1S/C12H19ClO3Si/c1-14-17(15-2,16-3)9-8-11-6-4-5-7-12(11)10-13/h4-7H,8-10H2,1-3H3. The zero-order valence-corrected chi connectivity index (χ0v) is 12.3. The summed E-state index contributed by atoms with van der Waals surface area (Å²) in [6.45, 7) is 0. The molecule has 0 heterocycles. The van der Waals surface area contributed by atoms with Gasteiger partial charge in [0.25, 0.3) is 0 Å². The number of alkyl halides is 1. The quantitative estimate of drug-likeness (QED) is 0.565. The molecule has 1 aromatic rings. The van der Waals surface area contributed by atoms with Gasteiger partial charge in [-0.05, 0) is 17.5 Å². The molecule has 0 aliphatic heterocycles. The van der Waals surface area contributed by atoms with Gasteiger partial charge < -0.3 is 13.3 Å². The van der Waals surface area contributed by atoms with Crippen LogP contribution in [0.1, 0.15) is 11.1 Å². The van der Waals surface area contributed by atoms with Crippen LogP contribution < -0.4 is 0 Å². The van der Waals surface area contributed by atoms with Crippen molar-refractivity contribution in [3.05, 3.63) is 35.4 Å². The summed E-state index contributed by atoms with van der Waals surface area (Å²) in [4.78, 5) is 0. The number of hydrogen-bond donors (Lipinski definition) is 0. The second-order valence-electron chi connectivity index (χ2n) is 3.70. The van der Waals surface area contributed by atoms with Gasteiger partial charge in [0.1, 0.15) is 0 Å². The minimum atomic E-state index is -2.48. The van der Waals surface area contributed by atoms with Gasteiger partial charge in [0.15, 0.2) is 0 Å². The minimum absolute atomic E-state index is 0.525. The van der Waals surface area contributed by atoms with Crippen LogP contribution in [0.2, 0.25) is 6.04 Å². The summed E-state index contributed by atoms with van der Waals surface area (Å²) in [7, 11) is 2.42. The number of halogens is 1. The van der Waals surface area contributed by atoms with E-state index in [4.69, 9.17) is 24.9 Å². The molecule has 0 unspecified atom stereocenters. The van der Waals surface area contributed by atoms with Crippen LogP contribution in [0, 0.1) is 0 Å². The predicted octanol–water partition coefficient (Wildman–Crippen LogP) is 2.85. The van der Waals surface area contributed by atoms with Crippen LogP contribution in [0.25, 0.3) is 0 Å². The highest BCUT2D eigenvalue weighted by Crippen LogP contribution is 2.19. The molecule has 0 aliphatic carbocycles. The summed E-state index contributed by atoms with van der Waals surface area (Å²) in [6.07, 6.45) is 0.852. The van der Waals surface area contributed by atoms with E-state index in [1.807, 2.05) is 18.2 Å². The van der Waals surface area contributed by atoms with Gasteiger partial charge in [0.2, 0.25) is 0 Å². The van der Waals surface area contributed by atoms with E-state index in [1.165, 1.54) is 5.56 Å². The molecule has 0 spiro atoms. The Morgan fingerprint density at radius 3 is 2.00 bits per heavy atom. The van der Waals surface area contributed by atoms with Crippen molar-refractivity contribution in [2.75, 3.05) is 21.3 Å². The lowest BCUT2D eigenvalue weighted by Gasteiger charge is -2.24. The molecule has 0 radical (unpaired) electrons. The largest absolute Gasteiger partial charge is 0.500 e. The summed E-state index contributed by atoms with van der Waals surface area (Å²) < 4.78 is 16.2. The Kier molecular flexibility index (Phi) is 6.15. The molecule has 0 amide bonds. The van der Waals surface area contributed by atoms with E-state index in [9.17, 15) is 0 Å². The van der Waals surface area contributed by atoms with Crippen LogP contribution in [0.3, 0.4) is 0 Å². The monoisotopic (exact) mass is 274 g/mol. The summed E-state index contributed by atoms with van der Waals surface area (Å²) in [5, 5.41) is 0. The molecule has 1 rings (SSSR count). The number of hydrogen-bond acceptors (Lipinski definition) is 3. The highest BCUT2D eigenvalue weighted by atomic mass is 35.5. The van der Waals surface area contributed by atoms with Gasteiger partial charge in [-0.25, -0.2) is 0 Å². The zero-order valence-electron chi connectivity index (χ0n) is 10.5. The SMILES string of the molecule is CO[Si](CCc1ccccc1CCl)(OC)OC. The van der Waals surface area contributed by atoms with Gasteiger partial charge in [-0.1, -0.05) is 24.3 Å². The summed E-state index contributed by atoms with van der Waals surface area (Å²) >= 11 is 5.90. The Morgan fingerprint density at radius 2 is 1.53 bits per heavy atom. The maximum Gasteiger partial charge on any atom is 0.500 e. The molecule has 0 saturated carbocycles. The van der Waals surface area contributed by atoms with E-state index in [0.717, 1.165) is 18.0 Å². The van der Waals surface area contributed by atoms with Crippen molar-refractivity contribution >= 4 is 20.4 Å². The fraction of sp³-hybridized carbons (Fsp3) is 0.500. The number of benzene rings is 1.